The second-order valence-electron chi connectivity index (χ2n) is 4.28. The van der Waals surface area contributed by atoms with Gasteiger partial charge in [0, 0.05) is 25.2 Å². The molecule has 0 atom stereocenters. The van der Waals surface area contributed by atoms with Gasteiger partial charge in [-0.25, -0.2) is 4.79 Å². The second kappa shape index (κ2) is 6.83. The van der Waals surface area contributed by atoms with Crippen LogP contribution in [0.5, 0.6) is 0 Å². The number of carbonyl (C=O) groups is 2. The van der Waals surface area contributed by atoms with E-state index < -0.39 is 0 Å². The number of hydrogen-bond donors (Lipinski definition) is 1. The molecule has 1 rings (SSSR count). The lowest BCUT2D eigenvalue weighted by atomic mass is 10.3. The fourth-order valence-electron chi connectivity index (χ4n) is 1.62. The number of nitrogens with one attached hydrogen (secondary N) is 1. The molecule has 0 aliphatic carbocycles. The summed E-state index contributed by atoms with van der Waals surface area (Å²) in [4.78, 5) is 23.1. The second-order valence-corrected chi connectivity index (χ2v) is 4.28. The van der Waals surface area contributed by atoms with Gasteiger partial charge in [-0.3, -0.25) is 4.79 Å². The van der Waals surface area contributed by atoms with Gasteiger partial charge >= 0.3 is 5.97 Å². The molecule has 0 aliphatic heterocycles. The largest absolute Gasteiger partial charge is 0.461 e. The monoisotopic (exact) mass is 252 g/mol. The van der Waals surface area contributed by atoms with Gasteiger partial charge in [0.05, 0.1) is 6.61 Å². The summed E-state index contributed by atoms with van der Waals surface area (Å²) < 4.78 is 6.67. The van der Waals surface area contributed by atoms with Crippen LogP contribution >= 0.6 is 0 Å². The Hall–Kier alpha value is -1.78. The van der Waals surface area contributed by atoms with Crippen molar-refractivity contribution in [2.24, 2.45) is 0 Å². The summed E-state index contributed by atoms with van der Waals surface area (Å²) in [6.07, 6.45) is 2.12. The van der Waals surface area contributed by atoms with E-state index in [4.69, 9.17) is 4.74 Å². The van der Waals surface area contributed by atoms with Gasteiger partial charge in [0.2, 0.25) is 5.91 Å². The number of carbonyl (C=O) groups excluding carboxylic acids is 2. The highest BCUT2D eigenvalue weighted by atomic mass is 16.5. The molecule has 1 heterocycles. The average molecular weight is 252 g/mol. The lowest BCUT2D eigenvalue weighted by molar-refractivity contribution is -0.121. The molecule has 0 bridgehead atoms. The molecule has 0 spiro atoms. The van der Waals surface area contributed by atoms with E-state index in [0.717, 1.165) is 0 Å². The summed E-state index contributed by atoms with van der Waals surface area (Å²) in [5.41, 5.74) is 0.481. The van der Waals surface area contributed by atoms with Crippen LogP contribution < -0.4 is 5.32 Å². The third-order valence-corrected chi connectivity index (χ3v) is 2.34. The van der Waals surface area contributed by atoms with Crippen LogP contribution in [0.25, 0.3) is 0 Å². The Bertz CT molecular complexity index is 410. The van der Waals surface area contributed by atoms with Crippen molar-refractivity contribution >= 4 is 11.9 Å². The van der Waals surface area contributed by atoms with Crippen LogP contribution in [-0.2, 0) is 16.1 Å². The van der Waals surface area contributed by atoms with Crippen molar-refractivity contribution < 1.29 is 14.3 Å². The molecule has 1 N–H and O–H groups in total. The van der Waals surface area contributed by atoms with Gasteiger partial charge < -0.3 is 14.6 Å². The zero-order valence-corrected chi connectivity index (χ0v) is 11.1. The molecular formula is C13H20N2O3. The third kappa shape index (κ3) is 4.24. The third-order valence-electron chi connectivity index (χ3n) is 2.34. The minimum absolute atomic E-state index is 0.0199. The number of esters is 1. The Labute approximate surface area is 107 Å². The number of amides is 1. The lowest BCUT2D eigenvalue weighted by Crippen LogP contribution is -2.30. The summed E-state index contributed by atoms with van der Waals surface area (Å²) in [6, 6.07) is 3.59. The molecule has 1 aromatic rings. The van der Waals surface area contributed by atoms with Crippen molar-refractivity contribution in [2.75, 3.05) is 6.61 Å². The van der Waals surface area contributed by atoms with E-state index in [1.54, 1.807) is 29.8 Å². The number of hydrogen-bond acceptors (Lipinski definition) is 3. The molecule has 0 radical (unpaired) electrons. The maximum absolute atomic E-state index is 11.6. The molecular weight excluding hydrogens is 232 g/mol. The molecule has 0 aliphatic rings. The highest BCUT2D eigenvalue weighted by molar-refractivity contribution is 5.87. The molecule has 0 saturated carbocycles. The predicted octanol–water partition coefficient (Wildman–Crippen LogP) is 1.58. The lowest BCUT2D eigenvalue weighted by Gasteiger charge is -2.10. The van der Waals surface area contributed by atoms with E-state index in [2.05, 4.69) is 5.32 Å². The van der Waals surface area contributed by atoms with Crippen molar-refractivity contribution in [1.29, 1.82) is 0 Å². The number of rotatable bonds is 6. The van der Waals surface area contributed by atoms with Crippen molar-refractivity contribution in [3.05, 3.63) is 24.0 Å². The molecule has 1 amide bonds. The first kappa shape index (κ1) is 14.3. The summed E-state index contributed by atoms with van der Waals surface area (Å²) >= 11 is 0. The van der Waals surface area contributed by atoms with Gasteiger partial charge in [-0.15, -0.1) is 0 Å². The van der Waals surface area contributed by atoms with Gasteiger partial charge in [-0.05, 0) is 32.9 Å². The zero-order valence-electron chi connectivity index (χ0n) is 11.1. The van der Waals surface area contributed by atoms with Crippen LogP contribution in [0.4, 0.5) is 0 Å². The van der Waals surface area contributed by atoms with Crippen LogP contribution in [0.15, 0.2) is 18.3 Å². The van der Waals surface area contributed by atoms with E-state index in [0.29, 0.717) is 25.3 Å². The highest BCUT2D eigenvalue weighted by Gasteiger charge is 2.12. The Balaban J connectivity index is 2.55. The molecule has 100 valence electrons. The Kier molecular flexibility index (Phi) is 5.42. The Morgan fingerprint density at radius 2 is 2.17 bits per heavy atom. The fraction of sp³-hybridized carbons (Fsp3) is 0.538. The average Bonchev–Trinajstić information content (AvgIpc) is 2.73. The normalized spacial score (nSPS) is 10.4. The standard InChI is InChI=1S/C13H20N2O3/c1-4-18-13(17)11-6-5-8-15(11)9-7-12(16)14-10(2)3/h5-6,8,10H,4,7,9H2,1-3H3,(H,14,16). The molecule has 0 aromatic carbocycles. The van der Waals surface area contributed by atoms with E-state index >= 15 is 0 Å². The van der Waals surface area contributed by atoms with Crippen LogP contribution in [0.3, 0.4) is 0 Å². The van der Waals surface area contributed by atoms with Gasteiger partial charge in [0.1, 0.15) is 5.69 Å². The van der Waals surface area contributed by atoms with E-state index in [-0.39, 0.29) is 17.9 Å². The van der Waals surface area contributed by atoms with E-state index in [1.165, 1.54) is 0 Å². The van der Waals surface area contributed by atoms with Gasteiger partial charge in [-0.1, -0.05) is 0 Å². The number of aryl methyl sites for hydroxylation is 1. The van der Waals surface area contributed by atoms with Crippen LogP contribution in [0.1, 0.15) is 37.7 Å². The molecule has 1 aromatic heterocycles. The number of ether oxygens (including phenoxy) is 1. The van der Waals surface area contributed by atoms with E-state index in [9.17, 15) is 9.59 Å². The van der Waals surface area contributed by atoms with Crippen molar-refractivity contribution in [1.82, 2.24) is 9.88 Å². The van der Waals surface area contributed by atoms with Gasteiger partial charge in [0.15, 0.2) is 0 Å². The molecule has 0 fully saturated rings. The van der Waals surface area contributed by atoms with Crippen molar-refractivity contribution in [3.8, 4) is 0 Å². The number of nitrogens with zero attached hydrogens (tertiary/aromatic N) is 1. The maximum Gasteiger partial charge on any atom is 0.354 e. The summed E-state index contributed by atoms with van der Waals surface area (Å²) in [6.45, 7) is 6.41. The fourth-order valence-corrected chi connectivity index (χ4v) is 1.62. The van der Waals surface area contributed by atoms with E-state index in [1.807, 2.05) is 13.8 Å². The smallest absolute Gasteiger partial charge is 0.354 e. The van der Waals surface area contributed by atoms with Gasteiger partial charge in [0.25, 0.3) is 0 Å². The minimum Gasteiger partial charge on any atom is -0.461 e. The SMILES string of the molecule is CCOC(=O)c1cccn1CCC(=O)NC(C)C. The molecule has 5 heteroatoms. The highest BCUT2D eigenvalue weighted by Crippen LogP contribution is 2.05. The quantitative estimate of drug-likeness (QED) is 0.782. The maximum atomic E-state index is 11.6. The summed E-state index contributed by atoms with van der Waals surface area (Å²) in [5.74, 6) is -0.375. The van der Waals surface area contributed by atoms with Crippen molar-refractivity contribution in [2.45, 2.75) is 39.8 Å². The summed E-state index contributed by atoms with van der Waals surface area (Å²) in [7, 11) is 0. The first-order chi connectivity index (χ1) is 8.54. The molecule has 5 nitrogen and oxygen atoms in total. The zero-order chi connectivity index (χ0) is 13.5. The number of aromatic nitrogens is 1. The molecule has 0 saturated heterocycles. The summed E-state index contributed by atoms with van der Waals surface area (Å²) in [5, 5.41) is 2.81. The van der Waals surface area contributed by atoms with Crippen LogP contribution in [0.2, 0.25) is 0 Å². The first-order valence-corrected chi connectivity index (χ1v) is 6.16. The molecule has 0 unspecified atom stereocenters. The first-order valence-electron chi connectivity index (χ1n) is 6.16. The predicted molar refractivity (Wildman–Crippen MR) is 68.3 cm³/mol. The Morgan fingerprint density at radius 1 is 1.44 bits per heavy atom. The minimum atomic E-state index is -0.355. The van der Waals surface area contributed by atoms with Gasteiger partial charge in [-0.2, -0.15) is 0 Å². The topological polar surface area (TPSA) is 60.3 Å². The van der Waals surface area contributed by atoms with Crippen LogP contribution in [0, 0.1) is 0 Å². The van der Waals surface area contributed by atoms with Crippen LogP contribution in [-0.4, -0.2) is 29.1 Å². The Morgan fingerprint density at radius 3 is 2.78 bits per heavy atom. The van der Waals surface area contributed by atoms with Crippen molar-refractivity contribution in [3.63, 3.8) is 0 Å². The molecule has 18 heavy (non-hydrogen) atoms.